The summed E-state index contributed by atoms with van der Waals surface area (Å²) in [6.07, 6.45) is -0.526. The Balaban J connectivity index is 2.23. The van der Waals surface area contributed by atoms with E-state index in [1.54, 1.807) is 24.3 Å². The molecule has 0 radical (unpaired) electrons. The minimum absolute atomic E-state index is 0.0539. The number of hydrogen-bond donors (Lipinski definition) is 1. The van der Waals surface area contributed by atoms with Crippen LogP contribution in [-0.4, -0.2) is 5.11 Å². The van der Waals surface area contributed by atoms with Crippen molar-refractivity contribution >= 4 is 45.8 Å². The molecule has 0 spiro atoms. The predicted octanol–water partition coefficient (Wildman–Crippen LogP) is 5.01. The molecule has 0 saturated heterocycles. The highest BCUT2D eigenvalue weighted by Gasteiger charge is 2.14. The molecule has 0 heterocycles. The summed E-state index contributed by atoms with van der Waals surface area (Å²) < 4.78 is 14.2. The minimum atomic E-state index is -0.770. The van der Waals surface area contributed by atoms with Gasteiger partial charge in [0.1, 0.15) is 5.82 Å². The second-order valence-corrected chi connectivity index (χ2v) is 6.05. The first-order chi connectivity index (χ1) is 8.99. The molecule has 0 aliphatic rings. The molecule has 1 N–H and O–H groups in total. The summed E-state index contributed by atoms with van der Waals surface area (Å²) in [5.41, 5.74) is 1.26. The molecule has 2 rings (SSSR count). The van der Waals surface area contributed by atoms with Crippen LogP contribution in [0.25, 0.3) is 0 Å². The lowest BCUT2D eigenvalue weighted by molar-refractivity contribution is 0.178. The van der Waals surface area contributed by atoms with Crippen LogP contribution in [0.2, 0.25) is 10.0 Å². The Morgan fingerprint density at radius 3 is 2.63 bits per heavy atom. The molecule has 0 aliphatic carbocycles. The summed E-state index contributed by atoms with van der Waals surface area (Å²) in [6, 6.07) is 9.90. The summed E-state index contributed by atoms with van der Waals surface area (Å²) in [5.74, 6) is -0.480. The topological polar surface area (TPSA) is 20.2 Å². The average Bonchev–Trinajstić information content (AvgIpc) is 2.38. The molecule has 0 bridgehead atoms. The van der Waals surface area contributed by atoms with E-state index in [0.29, 0.717) is 16.1 Å². The number of aliphatic hydroxyl groups excluding tert-OH is 1. The van der Waals surface area contributed by atoms with Gasteiger partial charge in [-0.05, 0) is 51.9 Å². The Morgan fingerprint density at radius 2 is 1.95 bits per heavy atom. The summed E-state index contributed by atoms with van der Waals surface area (Å²) in [7, 11) is 0. The maximum Gasteiger partial charge on any atom is 0.142 e. The highest BCUT2D eigenvalue weighted by molar-refractivity contribution is 14.1. The van der Waals surface area contributed by atoms with Crippen molar-refractivity contribution in [1.82, 2.24) is 0 Å². The summed E-state index contributed by atoms with van der Waals surface area (Å²) in [6.45, 7) is 0. The fourth-order valence-corrected chi connectivity index (χ4v) is 2.48. The fraction of sp³-hybridized carbons (Fsp3) is 0.143. The van der Waals surface area contributed by atoms with Crippen molar-refractivity contribution in [2.24, 2.45) is 0 Å². The fourth-order valence-electron chi connectivity index (χ4n) is 1.75. The first kappa shape index (κ1) is 15.0. The molecular weight excluding hydrogens is 401 g/mol. The van der Waals surface area contributed by atoms with Crippen molar-refractivity contribution in [2.45, 2.75) is 12.5 Å². The minimum Gasteiger partial charge on any atom is -0.388 e. The van der Waals surface area contributed by atoms with Crippen LogP contribution in [0.15, 0.2) is 36.4 Å². The Labute approximate surface area is 134 Å². The Kier molecular flexibility index (Phi) is 5.06. The zero-order valence-corrected chi connectivity index (χ0v) is 13.4. The van der Waals surface area contributed by atoms with E-state index in [1.807, 2.05) is 6.07 Å². The van der Waals surface area contributed by atoms with Crippen LogP contribution < -0.4 is 0 Å². The van der Waals surface area contributed by atoms with Crippen LogP contribution >= 0.6 is 45.8 Å². The summed E-state index contributed by atoms with van der Waals surface area (Å²) in [4.78, 5) is 0. The van der Waals surface area contributed by atoms with Crippen LogP contribution in [0.1, 0.15) is 17.2 Å². The Bertz CT molecular complexity index is 604. The molecule has 1 nitrogen and oxygen atoms in total. The van der Waals surface area contributed by atoms with Gasteiger partial charge in [-0.2, -0.15) is 0 Å². The highest BCUT2D eigenvalue weighted by Crippen LogP contribution is 2.28. The number of halogens is 4. The van der Waals surface area contributed by atoms with Gasteiger partial charge in [-0.3, -0.25) is 0 Å². The standard InChI is InChI=1S/C14H10Cl2FIO/c15-10-6-8(4-5-12(10)18)13(19)7-9-2-1-3-11(17)14(9)16/h1-6,13,19H,7H2. The lowest BCUT2D eigenvalue weighted by Crippen LogP contribution is -2.03. The van der Waals surface area contributed by atoms with Crippen molar-refractivity contribution in [1.29, 1.82) is 0 Å². The molecule has 1 unspecified atom stereocenters. The van der Waals surface area contributed by atoms with Gasteiger partial charge in [0.05, 0.1) is 16.1 Å². The van der Waals surface area contributed by atoms with Gasteiger partial charge in [0.15, 0.2) is 0 Å². The van der Waals surface area contributed by atoms with Gasteiger partial charge in [0.2, 0.25) is 0 Å². The first-order valence-electron chi connectivity index (χ1n) is 5.55. The largest absolute Gasteiger partial charge is 0.388 e. The van der Waals surface area contributed by atoms with Gasteiger partial charge in [-0.25, -0.2) is 4.39 Å². The zero-order valence-electron chi connectivity index (χ0n) is 9.71. The molecule has 0 aromatic heterocycles. The van der Waals surface area contributed by atoms with Crippen LogP contribution in [0, 0.1) is 9.39 Å². The van der Waals surface area contributed by atoms with Crippen LogP contribution in [0.4, 0.5) is 4.39 Å². The van der Waals surface area contributed by atoms with Crippen molar-refractivity contribution in [3.05, 3.63) is 67.0 Å². The van der Waals surface area contributed by atoms with E-state index in [4.69, 9.17) is 23.2 Å². The highest BCUT2D eigenvalue weighted by atomic mass is 127. The number of hydrogen-bond acceptors (Lipinski definition) is 1. The monoisotopic (exact) mass is 410 g/mol. The smallest absolute Gasteiger partial charge is 0.142 e. The second kappa shape index (κ2) is 6.39. The zero-order chi connectivity index (χ0) is 14.0. The molecule has 0 aliphatic heterocycles. The molecule has 0 amide bonds. The maximum absolute atomic E-state index is 13.3. The van der Waals surface area contributed by atoms with E-state index in [1.165, 1.54) is 6.07 Å². The van der Waals surface area contributed by atoms with E-state index >= 15 is 0 Å². The third-order valence-electron chi connectivity index (χ3n) is 2.77. The lowest BCUT2D eigenvalue weighted by atomic mass is 10.0. The van der Waals surface area contributed by atoms with Crippen LogP contribution in [-0.2, 0) is 6.42 Å². The Hall–Kier alpha value is -0.360. The number of benzene rings is 2. The quantitative estimate of drug-likeness (QED) is 0.705. The van der Waals surface area contributed by atoms with Gasteiger partial charge >= 0.3 is 0 Å². The second-order valence-electron chi connectivity index (χ2n) is 4.11. The molecule has 0 saturated carbocycles. The van der Waals surface area contributed by atoms with E-state index in [2.05, 4.69) is 22.6 Å². The van der Waals surface area contributed by atoms with Crippen molar-refractivity contribution in [3.63, 3.8) is 0 Å². The van der Waals surface area contributed by atoms with Crippen molar-refractivity contribution < 1.29 is 9.50 Å². The van der Waals surface area contributed by atoms with E-state index in [-0.39, 0.29) is 11.4 Å². The molecule has 0 fully saturated rings. The van der Waals surface area contributed by atoms with E-state index in [9.17, 15) is 9.50 Å². The maximum atomic E-state index is 13.3. The number of aliphatic hydroxyl groups is 1. The van der Waals surface area contributed by atoms with Crippen molar-refractivity contribution in [3.8, 4) is 0 Å². The first-order valence-corrected chi connectivity index (χ1v) is 7.38. The Morgan fingerprint density at radius 1 is 1.21 bits per heavy atom. The lowest BCUT2D eigenvalue weighted by Gasteiger charge is -2.13. The SMILES string of the molecule is OC(Cc1cccc(F)c1Cl)c1ccc(I)c(Cl)c1. The van der Waals surface area contributed by atoms with Gasteiger partial charge in [0, 0.05) is 9.99 Å². The normalized spacial score (nSPS) is 12.5. The average molecular weight is 411 g/mol. The summed E-state index contributed by atoms with van der Waals surface area (Å²) >= 11 is 14.0. The summed E-state index contributed by atoms with van der Waals surface area (Å²) in [5, 5.41) is 10.8. The molecule has 100 valence electrons. The van der Waals surface area contributed by atoms with Gasteiger partial charge in [0.25, 0.3) is 0 Å². The molecule has 19 heavy (non-hydrogen) atoms. The van der Waals surface area contributed by atoms with Crippen LogP contribution in [0.5, 0.6) is 0 Å². The molecule has 2 aromatic carbocycles. The van der Waals surface area contributed by atoms with E-state index < -0.39 is 11.9 Å². The molecule has 2 aromatic rings. The van der Waals surface area contributed by atoms with Crippen molar-refractivity contribution in [2.75, 3.05) is 0 Å². The molecule has 1 atom stereocenters. The van der Waals surface area contributed by atoms with Crippen LogP contribution in [0.3, 0.4) is 0 Å². The third-order valence-corrected chi connectivity index (χ3v) is 4.77. The van der Waals surface area contributed by atoms with Gasteiger partial charge in [-0.1, -0.05) is 41.4 Å². The number of rotatable bonds is 3. The molecular formula is C14H10Cl2FIO. The third kappa shape index (κ3) is 3.60. The van der Waals surface area contributed by atoms with Gasteiger partial charge < -0.3 is 5.11 Å². The van der Waals surface area contributed by atoms with Gasteiger partial charge in [-0.15, -0.1) is 0 Å². The predicted molar refractivity (Wildman–Crippen MR) is 84.2 cm³/mol. The molecule has 5 heteroatoms. The van der Waals surface area contributed by atoms with E-state index in [0.717, 1.165) is 3.57 Å².